The summed E-state index contributed by atoms with van der Waals surface area (Å²) in [4.78, 5) is 0. The second kappa shape index (κ2) is 2.04. The lowest BCUT2D eigenvalue weighted by atomic mass is 9.70. The molecule has 0 unspecified atom stereocenters. The van der Waals surface area contributed by atoms with E-state index < -0.39 is 0 Å². The molecule has 12 heavy (non-hydrogen) atoms. The summed E-state index contributed by atoms with van der Waals surface area (Å²) < 4.78 is 0. The van der Waals surface area contributed by atoms with Gasteiger partial charge < -0.3 is 5.84 Å². The normalized spacial score (nSPS) is 47.2. The molecule has 0 radical (unpaired) electrons. The van der Waals surface area contributed by atoms with Gasteiger partial charge in [-0.15, -0.1) is 0 Å². The van der Waals surface area contributed by atoms with Crippen molar-refractivity contribution in [2.24, 2.45) is 27.7 Å². The summed E-state index contributed by atoms with van der Waals surface area (Å²) in [5.74, 6) is 6.24. The van der Waals surface area contributed by atoms with E-state index in [1.807, 2.05) is 0 Å². The molecule has 0 aromatic rings. The fourth-order valence-corrected chi connectivity index (χ4v) is 3.12. The summed E-state index contributed by atoms with van der Waals surface area (Å²) in [6, 6.07) is 0. The number of hydrogen-bond donors (Lipinski definition) is 1. The molecule has 2 saturated carbocycles. The number of fused-ring (bicyclic) bond motifs is 2. The first-order chi connectivity index (χ1) is 5.52. The van der Waals surface area contributed by atoms with Crippen molar-refractivity contribution >= 4 is 5.71 Å². The smallest absolute Gasteiger partial charge is 0.0443 e. The first-order valence-corrected chi connectivity index (χ1v) is 4.79. The molecule has 0 aromatic heterocycles. The zero-order valence-electron chi connectivity index (χ0n) is 8.22. The lowest BCUT2D eigenvalue weighted by molar-refractivity contribution is 0.194. The molecular formula is C10H18N2. The maximum absolute atomic E-state index is 5.41. The van der Waals surface area contributed by atoms with Crippen molar-refractivity contribution in [1.82, 2.24) is 0 Å². The average Bonchev–Trinajstić information content (AvgIpc) is 2.34. The maximum atomic E-state index is 5.41. The van der Waals surface area contributed by atoms with Crippen molar-refractivity contribution in [3.8, 4) is 0 Å². The van der Waals surface area contributed by atoms with Crippen LogP contribution in [0.25, 0.3) is 0 Å². The topological polar surface area (TPSA) is 38.4 Å². The van der Waals surface area contributed by atoms with Gasteiger partial charge >= 0.3 is 0 Å². The van der Waals surface area contributed by atoms with E-state index in [1.165, 1.54) is 18.6 Å². The third-order valence-corrected chi connectivity index (χ3v) is 4.67. The summed E-state index contributed by atoms with van der Waals surface area (Å²) >= 11 is 0. The van der Waals surface area contributed by atoms with Crippen molar-refractivity contribution in [3.05, 3.63) is 0 Å². The Kier molecular flexibility index (Phi) is 1.37. The Labute approximate surface area is 74.2 Å². The number of hydrogen-bond acceptors (Lipinski definition) is 2. The van der Waals surface area contributed by atoms with Crippen LogP contribution in [-0.4, -0.2) is 5.71 Å². The highest BCUT2D eigenvalue weighted by Crippen LogP contribution is 2.63. The third kappa shape index (κ3) is 0.644. The average molecular weight is 166 g/mol. The summed E-state index contributed by atoms with van der Waals surface area (Å²) in [5, 5.41) is 3.95. The van der Waals surface area contributed by atoms with Crippen LogP contribution in [0.1, 0.15) is 40.0 Å². The molecule has 0 spiro atoms. The molecule has 0 aliphatic heterocycles. The van der Waals surface area contributed by atoms with Gasteiger partial charge in [-0.2, -0.15) is 5.10 Å². The van der Waals surface area contributed by atoms with Crippen molar-refractivity contribution in [3.63, 3.8) is 0 Å². The van der Waals surface area contributed by atoms with Crippen LogP contribution in [0, 0.1) is 16.7 Å². The van der Waals surface area contributed by atoms with E-state index in [1.54, 1.807) is 0 Å². The first kappa shape index (κ1) is 8.09. The molecule has 2 rings (SSSR count). The Balaban J connectivity index is 2.46. The van der Waals surface area contributed by atoms with Gasteiger partial charge in [-0.05, 0) is 30.6 Å². The Bertz CT molecular complexity index is 242. The van der Waals surface area contributed by atoms with Gasteiger partial charge in [0.15, 0.2) is 0 Å². The second-order valence-corrected chi connectivity index (χ2v) is 5.07. The summed E-state index contributed by atoms with van der Waals surface area (Å²) in [6.07, 6.45) is 3.78. The molecule has 2 N–H and O–H groups in total. The SMILES string of the molecule is CC1(C)[C@H]2CC[C@]1(C)/C(=N\N)C2. The van der Waals surface area contributed by atoms with Crippen molar-refractivity contribution in [2.75, 3.05) is 0 Å². The fraction of sp³-hybridized carbons (Fsp3) is 0.900. The molecule has 2 aliphatic rings. The van der Waals surface area contributed by atoms with Gasteiger partial charge in [0.25, 0.3) is 0 Å². The molecule has 2 bridgehead atoms. The lowest BCUT2D eigenvalue weighted by Gasteiger charge is -2.34. The van der Waals surface area contributed by atoms with Crippen LogP contribution in [0.4, 0.5) is 0 Å². The first-order valence-electron chi connectivity index (χ1n) is 4.79. The highest BCUT2D eigenvalue weighted by atomic mass is 15.1. The Morgan fingerprint density at radius 2 is 2.08 bits per heavy atom. The zero-order valence-corrected chi connectivity index (χ0v) is 8.22. The summed E-state index contributed by atoms with van der Waals surface area (Å²) in [6.45, 7) is 7.05. The van der Waals surface area contributed by atoms with Crippen LogP contribution in [0.5, 0.6) is 0 Å². The molecule has 2 aliphatic carbocycles. The van der Waals surface area contributed by atoms with Crippen molar-refractivity contribution in [1.29, 1.82) is 0 Å². The van der Waals surface area contributed by atoms with Crippen LogP contribution >= 0.6 is 0 Å². The van der Waals surface area contributed by atoms with E-state index in [0.717, 1.165) is 12.3 Å². The van der Waals surface area contributed by atoms with Crippen LogP contribution in [-0.2, 0) is 0 Å². The molecule has 2 nitrogen and oxygen atoms in total. The quantitative estimate of drug-likeness (QED) is 0.434. The van der Waals surface area contributed by atoms with Crippen LogP contribution < -0.4 is 5.84 Å². The number of rotatable bonds is 0. The van der Waals surface area contributed by atoms with Crippen molar-refractivity contribution < 1.29 is 0 Å². The monoisotopic (exact) mass is 166 g/mol. The Morgan fingerprint density at radius 3 is 2.33 bits per heavy atom. The van der Waals surface area contributed by atoms with E-state index in [-0.39, 0.29) is 0 Å². The minimum atomic E-state index is 0.298. The molecule has 0 heterocycles. The maximum Gasteiger partial charge on any atom is 0.0443 e. The number of nitrogens with two attached hydrogens (primary N) is 1. The van der Waals surface area contributed by atoms with Crippen LogP contribution in [0.3, 0.4) is 0 Å². The predicted octanol–water partition coefficient (Wildman–Crippen LogP) is 2.15. The fourth-order valence-electron chi connectivity index (χ4n) is 3.12. The van der Waals surface area contributed by atoms with Gasteiger partial charge in [0.05, 0.1) is 0 Å². The Hall–Kier alpha value is -0.530. The van der Waals surface area contributed by atoms with Gasteiger partial charge in [-0.3, -0.25) is 0 Å². The van der Waals surface area contributed by atoms with Gasteiger partial charge in [0.2, 0.25) is 0 Å². The lowest BCUT2D eigenvalue weighted by Crippen LogP contribution is -2.33. The third-order valence-electron chi connectivity index (χ3n) is 4.67. The van der Waals surface area contributed by atoms with Gasteiger partial charge in [0, 0.05) is 11.1 Å². The van der Waals surface area contributed by atoms with Gasteiger partial charge in [-0.25, -0.2) is 0 Å². The molecule has 68 valence electrons. The summed E-state index contributed by atoms with van der Waals surface area (Å²) in [5.41, 5.74) is 1.97. The minimum absolute atomic E-state index is 0.298. The molecule has 2 heteroatoms. The molecule has 0 amide bonds. The summed E-state index contributed by atoms with van der Waals surface area (Å²) in [7, 11) is 0. The van der Waals surface area contributed by atoms with E-state index in [9.17, 15) is 0 Å². The van der Waals surface area contributed by atoms with Crippen LogP contribution in [0.2, 0.25) is 0 Å². The molecular weight excluding hydrogens is 148 g/mol. The minimum Gasteiger partial charge on any atom is -0.323 e. The van der Waals surface area contributed by atoms with E-state index >= 15 is 0 Å². The highest BCUT2D eigenvalue weighted by molar-refractivity contribution is 5.94. The largest absolute Gasteiger partial charge is 0.323 e. The van der Waals surface area contributed by atoms with Crippen LogP contribution in [0.15, 0.2) is 5.10 Å². The van der Waals surface area contributed by atoms with Gasteiger partial charge in [-0.1, -0.05) is 20.8 Å². The zero-order chi connectivity index (χ0) is 8.98. The number of nitrogens with zero attached hydrogens (tertiary/aromatic N) is 1. The molecule has 2 fully saturated rings. The van der Waals surface area contributed by atoms with E-state index in [0.29, 0.717) is 10.8 Å². The van der Waals surface area contributed by atoms with E-state index in [2.05, 4.69) is 25.9 Å². The highest BCUT2D eigenvalue weighted by Gasteiger charge is 2.59. The van der Waals surface area contributed by atoms with E-state index in [4.69, 9.17) is 5.84 Å². The predicted molar refractivity (Wildman–Crippen MR) is 50.9 cm³/mol. The van der Waals surface area contributed by atoms with Gasteiger partial charge in [0.1, 0.15) is 0 Å². The Morgan fingerprint density at radius 1 is 1.42 bits per heavy atom. The number of hydrazone groups is 1. The molecule has 2 atom stereocenters. The van der Waals surface area contributed by atoms with Crippen molar-refractivity contribution in [2.45, 2.75) is 40.0 Å². The second-order valence-electron chi connectivity index (χ2n) is 5.07. The standard InChI is InChI=1S/C10H18N2/c1-9(2)7-4-5-10(9,3)8(6-7)12-11/h7H,4-6,11H2,1-3H3/b12-8-/t7-,10+/m0/s1. The molecule has 0 saturated heterocycles. The molecule has 0 aromatic carbocycles.